The molecule has 0 saturated heterocycles. The van der Waals surface area contributed by atoms with Gasteiger partial charge in [-0.3, -0.25) is 0 Å². The van der Waals surface area contributed by atoms with Crippen LogP contribution in [0.3, 0.4) is 0 Å². The maximum absolute atomic E-state index is 3.64. The Kier molecular flexibility index (Phi) is 8.23. The molecule has 0 aromatic rings. The summed E-state index contributed by atoms with van der Waals surface area (Å²) in [5.41, 5.74) is 0. The van der Waals surface area contributed by atoms with Gasteiger partial charge in [0, 0.05) is 17.1 Å². The predicted octanol–water partition coefficient (Wildman–Crippen LogP) is 1.47. The molecule has 0 amide bonds. The van der Waals surface area contributed by atoms with Crippen LogP contribution < -0.4 is 0 Å². The Balaban J connectivity index is 0. The largest absolute Gasteiger partial charge is 0.0628 e. The van der Waals surface area contributed by atoms with E-state index in [0.29, 0.717) is 5.92 Å². The summed E-state index contributed by atoms with van der Waals surface area (Å²) >= 11 is 0. The van der Waals surface area contributed by atoms with Gasteiger partial charge in [0.2, 0.25) is 0 Å². The molecule has 0 fully saturated rings. The summed E-state index contributed by atoms with van der Waals surface area (Å²) in [6.45, 7) is 7.75. The third-order valence-corrected chi connectivity index (χ3v) is 0. The van der Waals surface area contributed by atoms with E-state index in [1.54, 1.807) is 0 Å². The van der Waals surface area contributed by atoms with Crippen LogP contribution in [0.4, 0.5) is 0 Å². The predicted molar refractivity (Wildman–Crippen MR) is 20.2 cm³/mol. The Morgan fingerprint density at radius 3 is 1.40 bits per heavy atom. The maximum Gasteiger partial charge on any atom is 0 e. The first-order valence-corrected chi connectivity index (χ1v) is 1.56. The van der Waals surface area contributed by atoms with Crippen LogP contribution in [0, 0.1) is 12.8 Å². The average molecular weight is 121 g/mol. The SMILES string of the molecule is [CH2]C(C)C.[Cu]. The molecule has 0 bridgehead atoms. The Morgan fingerprint density at radius 2 is 1.40 bits per heavy atom. The van der Waals surface area contributed by atoms with Gasteiger partial charge in [0.1, 0.15) is 0 Å². The molecule has 0 aliphatic heterocycles. The molecule has 5 heavy (non-hydrogen) atoms. The van der Waals surface area contributed by atoms with Crippen LogP contribution in [0.1, 0.15) is 13.8 Å². The van der Waals surface area contributed by atoms with E-state index in [9.17, 15) is 0 Å². The molecular weight excluding hydrogens is 112 g/mol. The molecule has 0 N–H and O–H groups in total. The summed E-state index contributed by atoms with van der Waals surface area (Å²) in [6, 6.07) is 0. The fraction of sp³-hybridized carbons (Fsp3) is 0.750. The number of hydrogen-bond donors (Lipinski definition) is 0. The molecular formula is C4H9Cu. The normalized spacial score (nSPS) is 7.20. The molecule has 0 spiro atoms. The van der Waals surface area contributed by atoms with Crippen molar-refractivity contribution in [3.8, 4) is 0 Å². The van der Waals surface area contributed by atoms with Crippen LogP contribution in [0.15, 0.2) is 0 Å². The fourth-order valence-electron chi connectivity index (χ4n) is 0. The number of rotatable bonds is 0. The van der Waals surface area contributed by atoms with E-state index >= 15 is 0 Å². The van der Waals surface area contributed by atoms with Gasteiger partial charge in [0.15, 0.2) is 0 Å². The van der Waals surface area contributed by atoms with Gasteiger partial charge in [-0.05, 0) is 5.92 Å². The maximum atomic E-state index is 3.64. The first-order chi connectivity index (χ1) is 1.73. The molecule has 0 aromatic heterocycles. The standard InChI is InChI=1S/C4H9.Cu/c1-4(2)3;/h4H,1H2,2-3H3;. The van der Waals surface area contributed by atoms with E-state index in [1.807, 2.05) is 0 Å². The van der Waals surface area contributed by atoms with Gasteiger partial charge in [-0.2, -0.15) is 0 Å². The second-order valence-electron chi connectivity index (χ2n) is 1.39. The van der Waals surface area contributed by atoms with Crippen molar-refractivity contribution in [1.29, 1.82) is 0 Å². The van der Waals surface area contributed by atoms with Gasteiger partial charge >= 0.3 is 0 Å². The third kappa shape index (κ3) is 106. The van der Waals surface area contributed by atoms with Crippen LogP contribution in [0.25, 0.3) is 0 Å². The van der Waals surface area contributed by atoms with Crippen molar-refractivity contribution in [3.63, 3.8) is 0 Å². The summed E-state index contributed by atoms with van der Waals surface area (Å²) in [6.07, 6.45) is 0. The third-order valence-electron chi connectivity index (χ3n) is 0. The van der Waals surface area contributed by atoms with Gasteiger partial charge in [-0.25, -0.2) is 0 Å². The van der Waals surface area contributed by atoms with E-state index in [2.05, 4.69) is 20.8 Å². The smallest absolute Gasteiger partial charge is 0 e. The Morgan fingerprint density at radius 1 is 1.40 bits per heavy atom. The summed E-state index contributed by atoms with van der Waals surface area (Å²) in [4.78, 5) is 0. The second kappa shape index (κ2) is 4.52. The fourth-order valence-corrected chi connectivity index (χ4v) is 0. The van der Waals surface area contributed by atoms with Crippen LogP contribution in [-0.2, 0) is 17.1 Å². The van der Waals surface area contributed by atoms with Crippen molar-refractivity contribution >= 4 is 0 Å². The zero-order valence-electron chi connectivity index (χ0n) is 3.59. The minimum absolute atomic E-state index is 0. The Labute approximate surface area is 44.4 Å². The number of hydrogen-bond acceptors (Lipinski definition) is 0. The van der Waals surface area contributed by atoms with Gasteiger partial charge < -0.3 is 0 Å². The first kappa shape index (κ1) is 9.10. The van der Waals surface area contributed by atoms with Crippen molar-refractivity contribution in [3.05, 3.63) is 6.92 Å². The van der Waals surface area contributed by atoms with Crippen molar-refractivity contribution in [2.45, 2.75) is 13.8 Å². The van der Waals surface area contributed by atoms with Gasteiger partial charge in [-0.15, -0.1) is 0 Å². The van der Waals surface area contributed by atoms with Crippen LogP contribution in [0.2, 0.25) is 0 Å². The van der Waals surface area contributed by atoms with Crippen molar-refractivity contribution in [2.24, 2.45) is 5.92 Å². The quantitative estimate of drug-likeness (QED) is 0.425. The molecule has 0 nitrogen and oxygen atoms in total. The van der Waals surface area contributed by atoms with E-state index in [4.69, 9.17) is 0 Å². The summed E-state index contributed by atoms with van der Waals surface area (Å²) < 4.78 is 0. The topological polar surface area (TPSA) is 0 Å². The summed E-state index contributed by atoms with van der Waals surface area (Å²) in [5, 5.41) is 0. The molecule has 0 aliphatic rings. The molecule has 0 rings (SSSR count). The molecule has 0 atom stereocenters. The van der Waals surface area contributed by atoms with E-state index < -0.39 is 0 Å². The molecule has 2 radical (unpaired) electrons. The van der Waals surface area contributed by atoms with E-state index in [-0.39, 0.29) is 17.1 Å². The molecule has 36 valence electrons. The van der Waals surface area contributed by atoms with Gasteiger partial charge in [0.25, 0.3) is 0 Å². The van der Waals surface area contributed by atoms with Crippen LogP contribution in [0.5, 0.6) is 0 Å². The van der Waals surface area contributed by atoms with Crippen LogP contribution in [-0.4, -0.2) is 0 Å². The second-order valence-corrected chi connectivity index (χ2v) is 1.39. The Hall–Kier alpha value is 0.519. The van der Waals surface area contributed by atoms with Crippen molar-refractivity contribution in [1.82, 2.24) is 0 Å². The zero-order chi connectivity index (χ0) is 3.58. The molecule has 0 saturated carbocycles. The van der Waals surface area contributed by atoms with Gasteiger partial charge in [0.05, 0.1) is 0 Å². The van der Waals surface area contributed by atoms with E-state index in [1.165, 1.54) is 0 Å². The van der Waals surface area contributed by atoms with Gasteiger partial charge in [-0.1, -0.05) is 20.8 Å². The van der Waals surface area contributed by atoms with Crippen molar-refractivity contribution in [2.75, 3.05) is 0 Å². The van der Waals surface area contributed by atoms with Crippen LogP contribution >= 0.6 is 0 Å². The summed E-state index contributed by atoms with van der Waals surface area (Å²) in [5.74, 6) is 0.583. The molecule has 0 unspecified atom stereocenters. The first-order valence-electron chi connectivity index (χ1n) is 1.56. The minimum atomic E-state index is 0. The molecule has 1 heteroatoms. The zero-order valence-corrected chi connectivity index (χ0v) is 4.53. The average Bonchev–Trinajstić information content (AvgIpc) is 0.811. The monoisotopic (exact) mass is 120 g/mol. The molecule has 0 aromatic carbocycles. The van der Waals surface area contributed by atoms with E-state index in [0.717, 1.165) is 0 Å². The molecule has 0 aliphatic carbocycles. The van der Waals surface area contributed by atoms with Crippen molar-refractivity contribution < 1.29 is 17.1 Å². The molecule has 0 heterocycles. The minimum Gasteiger partial charge on any atom is -0.0628 e. The summed E-state index contributed by atoms with van der Waals surface area (Å²) in [7, 11) is 0. The Bertz CT molecular complexity index is 8.36.